The summed E-state index contributed by atoms with van der Waals surface area (Å²) < 4.78 is 1.05. The molecular weight excluding hydrogens is 302 g/mol. The maximum Gasteiger partial charge on any atom is 0.181 e. The van der Waals surface area contributed by atoms with Gasteiger partial charge in [-0.1, -0.05) is 58.4 Å². The lowest BCUT2D eigenvalue weighted by Crippen LogP contribution is -1.90. The molecule has 3 aromatic rings. The molecular formula is C15H12BrN3. The molecule has 0 saturated heterocycles. The third-order valence-corrected chi connectivity index (χ3v) is 3.38. The molecule has 0 unspecified atom stereocenters. The summed E-state index contributed by atoms with van der Waals surface area (Å²) in [5, 5.41) is 7.26. The van der Waals surface area contributed by atoms with Crippen molar-refractivity contribution in [2.75, 3.05) is 0 Å². The summed E-state index contributed by atoms with van der Waals surface area (Å²) in [5.74, 6) is 1.61. The van der Waals surface area contributed by atoms with Gasteiger partial charge in [0, 0.05) is 16.5 Å². The van der Waals surface area contributed by atoms with Crippen LogP contribution in [-0.2, 0) is 6.42 Å². The Morgan fingerprint density at radius 1 is 0.947 bits per heavy atom. The van der Waals surface area contributed by atoms with Crippen LogP contribution >= 0.6 is 15.9 Å². The van der Waals surface area contributed by atoms with Crippen molar-refractivity contribution in [2.45, 2.75) is 6.42 Å². The summed E-state index contributed by atoms with van der Waals surface area (Å²) in [5.41, 5.74) is 2.24. The number of H-pyrrole nitrogens is 1. The van der Waals surface area contributed by atoms with Crippen molar-refractivity contribution >= 4 is 15.9 Å². The molecule has 2 aromatic carbocycles. The molecule has 0 radical (unpaired) electrons. The molecule has 1 heterocycles. The van der Waals surface area contributed by atoms with Gasteiger partial charge < -0.3 is 0 Å². The maximum absolute atomic E-state index is 4.52. The zero-order valence-electron chi connectivity index (χ0n) is 10.2. The first-order valence-electron chi connectivity index (χ1n) is 6.02. The fourth-order valence-electron chi connectivity index (χ4n) is 1.89. The minimum absolute atomic E-state index is 0.735. The van der Waals surface area contributed by atoms with E-state index in [1.807, 2.05) is 42.5 Å². The molecule has 0 aliphatic carbocycles. The van der Waals surface area contributed by atoms with Gasteiger partial charge in [-0.05, 0) is 17.7 Å². The second kappa shape index (κ2) is 5.36. The van der Waals surface area contributed by atoms with E-state index in [4.69, 9.17) is 0 Å². The Kier molecular flexibility index (Phi) is 3.42. The third-order valence-electron chi connectivity index (χ3n) is 2.85. The number of benzene rings is 2. The van der Waals surface area contributed by atoms with Crippen molar-refractivity contribution in [2.24, 2.45) is 0 Å². The van der Waals surface area contributed by atoms with E-state index in [-0.39, 0.29) is 0 Å². The molecule has 1 aromatic heterocycles. The number of hydrogen-bond acceptors (Lipinski definition) is 2. The Bertz CT molecular complexity index is 659. The Labute approximate surface area is 119 Å². The number of aromatic amines is 1. The van der Waals surface area contributed by atoms with Crippen molar-refractivity contribution in [3.8, 4) is 11.4 Å². The minimum Gasteiger partial charge on any atom is -0.262 e. The summed E-state index contributed by atoms with van der Waals surface area (Å²) in [6.07, 6.45) is 0.768. The summed E-state index contributed by atoms with van der Waals surface area (Å²) in [4.78, 5) is 4.52. The molecule has 94 valence electrons. The van der Waals surface area contributed by atoms with E-state index in [1.165, 1.54) is 5.56 Å². The van der Waals surface area contributed by atoms with E-state index in [1.54, 1.807) is 0 Å². The number of rotatable bonds is 3. The molecule has 0 fully saturated rings. The third kappa shape index (κ3) is 2.90. The van der Waals surface area contributed by atoms with Gasteiger partial charge in [0.2, 0.25) is 0 Å². The Balaban J connectivity index is 1.82. The van der Waals surface area contributed by atoms with Gasteiger partial charge in [0.1, 0.15) is 5.82 Å². The molecule has 3 nitrogen and oxygen atoms in total. The SMILES string of the molecule is Brc1ccc(-c2n[nH]c(Cc3ccccc3)n2)cc1. The Morgan fingerprint density at radius 2 is 1.68 bits per heavy atom. The predicted octanol–water partition coefficient (Wildman–Crippen LogP) is 3.83. The first-order valence-corrected chi connectivity index (χ1v) is 6.82. The van der Waals surface area contributed by atoms with E-state index in [2.05, 4.69) is 43.2 Å². The van der Waals surface area contributed by atoms with Crippen LogP contribution in [0.1, 0.15) is 11.4 Å². The predicted molar refractivity (Wildman–Crippen MR) is 78.8 cm³/mol. The molecule has 0 bridgehead atoms. The highest BCUT2D eigenvalue weighted by Gasteiger charge is 2.06. The smallest absolute Gasteiger partial charge is 0.181 e. The summed E-state index contributed by atoms with van der Waals surface area (Å²) >= 11 is 3.42. The van der Waals surface area contributed by atoms with E-state index in [9.17, 15) is 0 Å². The molecule has 1 N–H and O–H groups in total. The van der Waals surface area contributed by atoms with Crippen LogP contribution in [0.2, 0.25) is 0 Å². The van der Waals surface area contributed by atoms with E-state index in [0.29, 0.717) is 0 Å². The van der Waals surface area contributed by atoms with E-state index >= 15 is 0 Å². The standard InChI is InChI=1S/C15H12BrN3/c16-13-8-6-12(7-9-13)15-17-14(18-19-15)10-11-4-2-1-3-5-11/h1-9H,10H2,(H,17,18,19). The molecule has 0 amide bonds. The zero-order chi connectivity index (χ0) is 13.1. The van der Waals surface area contributed by atoms with Crippen LogP contribution in [0, 0.1) is 0 Å². The summed E-state index contributed by atoms with van der Waals surface area (Å²) in [7, 11) is 0. The second-order valence-corrected chi connectivity index (χ2v) is 5.19. The molecule has 0 aliphatic heterocycles. The van der Waals surface area contributed by atoms with Gasteiger partial charge in [-0.2, -0.15) is 5.10 Å². The minimum atomic E-state index is 0.735. The Hall–Kier alpha value is -1.94. The topological polar surface area (TPSA) is 41.6 Å². The van der Waals surface area contributed by atoms with Gasteiger partial charge in [0.05, 0.1) is 0 Å². The highest BCUT2D eigenvalue weighted by atomic mass is 79.9. The monoisotopic (exact) mass is 313 g/mol. The van der Waals surface area contributed by atoms with Crippen LogP contribution in [0.3, 0.4) is 0 Å². The molecule has 0 atom stereocenters. The number of halogens is 1. The molecule has 4 heteroatoms. The van der Waals surface area contributed by atoms with Gasteiger partial charge in [-0.3, -0.25) is 5.10 Å². The fourth-order valence-corrected chi connectivity index (χ4v) is 2.16. The molecule has 0 saturated carbocycles. The second-order valence-electron chi connectivity index (χ2n) is 4.27. The highest BCUT2D eigenvalue weighted by molar-refractivity contribution is 9.10. The van der Waals surface area contributed by atoms with Crippen LogP contribution in [0.4, 0.5) is 0 Å². The van der Waals surface area contributed by atoms with Crippen molar-refractivity contribution in [1.82, 2.24) is 15.2 Å². The van der Waals surface area contributed by atoms with Gasteiger partial charge in [0.25, 0.3) is 0 Å². The quantitative estimate of drug-likeness (QED) is 0.798. The van der Waals surface area contributed by atoms with E-state index < -0.39 is 0 Å². The number of hydrogen-bond donors (Lipinski definition) is 1. The van der Waals surface area contributed by atoms with Crippen LogP contribution in [0.25, 0.3) is 11.4 Å². The zero-order valence-corrected chi connectivity index (χ0v) is 11.8. The first kappa shape index (κ1) is 12.1. The van der Waals surface area contributed by atoms with E-state index in [0.717, 1.165) is 28.1 Å². The Morgan fingerprint density at radius 3 is 2.42 bits per heavy atom. The van der Waals surface area contributed by atoms with Crippen molar-refractivity contribution < 1.29 is 0 Å². The molecule has 3 rings (SSSR count). The van der Waals surface area contributed by atoms with Crippen LogP contribution < -0.4 is 0 Å². The number of aromatic nitrogens is 3. The average molecular weight is 314 g/mol. The molecule has 0 spiro atoms. The average Bonchev–Trinajstić information content (AvgIpc) is 2.89. The van der Waals surface area contributed by atoms with Crippen molar-refractivity contribution in [1.29, 1.82) is 0 Å². The number of nitrogens with one attached hydrogen (secondary N) is 1. The van der Waals surface area contributed by atoms with Gasteiger partial charge in [-0.25, -0.2) is 4.98 Å². The lowest BCUT2D eigenvalue weighted by molar-refractivity contribution is 0.973. The van der Waals surface area contributed by atoms with Gasteiger partial charge >= 0.3 is 0 Å². The largest absolute Gasteiger partial charge is 0.262 e. The fraction of sp³-hybridized carbons (Fsp3) is 0.0667. The lowest BCUT2D eigenvalue weighted by atomic mass is 10.1. The van der Waals surface area contributed by atoms with Crippen molar-refractivity contribution in [3.05, 3.63) is 70.5 Å². The van der Waals surface area contributed by atoms with Crippen LogP contribution in [-0.4, -0.2) is 15.2 Å². The summed E-state index contributed by atoms with van der Waals surface area (Å²) in [6.45, 7) is 0. The highest BCUT2D eigenvalue weighted by Crippen LogP contribution is 2.18. The normalized spacial score (nSPS) is 10.6. The van der Waals surface area contributed by atoms with Gasteiger partial charge in [-0.15, -0.1) is 0 Å². The summed E-state index contributed by atoms with van der Waals surface area (Å²) in [6, 6.07) is 18.2. The van der Waals surface area contributed by atoms with Crippen LogP contribution in [0.5, 0.6) is 0 Å². The van der Waals surface area contributed by atoms with Gasteiger partial charge in [0.15, 0.2) is 5.82 Å². The van der Waals surface area contributed by atoms with Crippen molar-refractivity contribution in [3.63, 3.8) is 0 Å². The first-order chi connectivity index (χ1) is 9.31. The maximum atomic E-state index is 4.52. The molecule has 0 aliphatic rings. The molecule has 19 heavy (non-hydrogen) atoms. The van der Waals surface area contributed by atoms with Crippen LogP contribution in [0.15, 0.2) is 59.1 Å². The number of nitrogens with zero attached hydrogens (tertiary/aromatic N) is 2. The lowest BCUT2D eigenvalue weighted by Gasteiger charge is -1.96.